The lowest BCUT2D eigenvalue weighted by atomic mass is 10.0. The minimum Gasteiger partial charge on any atom is -0.481 e. The van der Waals surface area contributed by atoms with Gasteiger partial charge in [0.05, 0.1) is 0 Å². The minimum atomic E-state index is -0.891. The van der Waals surface area contributed by atoms with E-state index in [9.17, 15) is 9.59 Å². The Morgan fingerprint density at radius 3 is 2.33 bits per heavy atom. The van der Waals surface area contributed by atoms with E-state index in [2.05, 4.69) is 0 Å². The molecule has 0 aliphatic carbocycles. The van der Waals surface area contributed by atoms with E-state index in [-0.39, 0.29) is 24.7 Å². The molecule has 0 radical (unpaired) electrons. The molecule has 0 aliphatic rings. The number of carboxylic acids is 1. The molecule has 1 rings (SSSR count). The Hall–Kier alpha value is -1.49. The molecule has 5 heteroatoms. The fourth-order valence-corrected chi connectivity index (χ4v) is 2.80. The summed E-state index contributed by atoms with van der Waals surface area (Å²) in [7, 11) is 0. The third-order valence-corrected chi connectivity index (χ3v) is 3.81. The van der Waals surface area contributed by atoms with Crippen molar-refractivity contribution >= 4 is 23.7 Å². The molecule has 1 aromatic carbocycles. The fourth-order valence-electron chi connectivity index (χ4n) is 1.79. The van der Waals surface area contributed by atoms with Crippen molar-refractivity contribution in [2.24, 2.45) is 5.92 Å². The van der Waals surface area contributed by atoms with Gasteiger partial charge in [0.25, 0.3) is 0 Å². The zero-order valence-electron chi connectivity index (χ0n) is 12.7. The second-order valence-electron chi connectivity index (χ2n) is 5.88. The van der Waals surface area contributed by atoms with Crippen molar-refractivity contribution in [1.29, 1.82) is 0 Å². The largest absolute Gasteiger partial charge is 0.481 e. The van der Waals surface area contributed by atoms with Gasteiger partial charge in [-0.3, -0.25) is 9.59 Å². The Labute approximate surface area is 129 Å². The van der Waals surface area contributed by atoms with E-state index in [0.29, 0.717) is 5.75 Å². The van der Waals surface area contributed by atoms with Crippen molar-refractivity contribution in [2.75, 3.05) is 5.75 Å². The summed E-state index contributed by atoms with van der Waals surface area (Å²) < 4.78 is 5.26. The van der Waals surface area contributed by atoms with Gasteiger partial charge < -0.3 is 9.84 Å². The van der Waals surface area contributed by atoms with E-state index in [4.69, 9.17) is 9.84 Å². The molecule has 0 amide bonds. The third kappa shape index (κ3) is 8.40. The topological polar surface area (TPSA) is 63.6 Å². The van der Waals surface area contributed by atoms with Gasteiger partial charge >= 0.3 is 11.9 Å². The SMILES string of the molecule is CC(C)(C)OC(=O)CC(CSc1ccccc1)CC(=O)O. The van der Waals surface area contributed by atoms with E-state index in [1.807, 2.05) is 30.3 Å². The van der Waals surface area contributed by atoms with Crippen LogP contribution < -0.4 is 0 Å². The first-order chi connectivity index (χ1) is 9.76. The van der Waals surface area contributed by atoms with E-state index < -0.39 is 11.6 Å². The molecule has 0 aliphatic heterocycles. The number of rotatable bonds is 7. The number of esters is 1. The van der Waals surface area contributed by atoms with Crippen molar-refractivity contribution in [2.45, 2.75) is 44.1 Å². The monoisotopic (exact) mass is 310 g/mol. The highest BCUT2D eigenvalue weighted by atomic mass is 32.2. The second-order valence-corrected chi connectivity index (χ2v) is 6.97. The van der Waals surface area contributed by atoms with Crippen molar-refractivity contribution < 1.29 is 19.4 Å². The smallest absolute Gasteiger partial charge is 0.306 e. The van der Waals surface area contributed by atoms with Gasteiger partial charge in [0.15, 0.2) is 0 Å². The van der Waals surface area contributed by atoms with Crippen molar-refractivity contribution in [1.82, 2.24) is 0 Å². The molecule has 0 heterocycles. The lowest BCUT2D eigenvalue weighted by Gasteiger charge is -2.21. The first-order valence-electron chi connectivity index (χ1n) is 6.88. The zero-order valence-corrected chi connectivity index (χ0v) is 13.5. The van der Waals surface area contributed by atoms with Crippen LogP contribution in [0.1, 0.15) is 33.6 Å². The number of benzene rings is 1. The molecule has 0 fully saturated rings. The number of thioether (sulfide) groups is 1. The Morgan fingerprint density at radius 2 is 1.81 bits per heavy atom. The molecule has 116 valence electrons. The lowest BCUT2D eigenvalue weighted by molar-refractivity contribution is -0.156. The summed E-state index contributed by atoms with van der Waals surface area (Å²) in [5.41, 5.74) is -0.544. The van der Waals surface area contributed by atoms with E-state index >= 15 is 0 Å². The van der Waals surface area contributed by atoms with Crippen LogP contribution >= 0.6 is 11.8 Å². The first-order valence-corrected chi connectivity index (χ1v) is 7.86. The van der Waals surface area contributed by atoms with Crippen LogP contribution in [0, 0.1) is 5.92 Å². The summed E-state index contributed by atoms with van der Waals surface area (Å²) in [6.07, 6.45) is 0.0997. The van der Waals surface area contributed by atoms with Crippen LogP contribution in [0.4, 0.5) is 0 Å². The maximum Gasteiger partial charge on any atom is 0.306 e. The van der Waals surface area contributed by atoms with Crippen LogP contribution in [-0.4, -0.2) is 28.4 Å². The van der Waals surface area contributed by atoms with Gasteiger partial charge in [-0.2, -0.15) is 0 Å². The molecular weight excluding hydrogens is 288 g/mol. The summed E-state index contributed by atoms with van der Waals surface area (Å²) >= 11 is 1.56. The van der Waals surface area contributed by atoms with Gasteiger partial charge in [-0.1, -0.05) is 18.2 Å². The maximum absolute atomic E-state index is 11.8. The minimum absolute atomic E-state index is 0.0287. The summed E-state index contributed by atoms with van der Waals surface area (Å²) in [5, 5.41) is 8.97. The van der Waals surface area contributed by atoms with Crippen LogP contribution in [0.25, 0.3) is 0 Å². The molecule has 4 nitrogen and oxygen atoms in total. The molecule has 0 saturated carbocycles. The number of hydrogen-bond donors (Lipinski definition) is 1. The summed E-state index contributed by atoms with van der Waals surface area (Å²) in [6.45, 7) is 5.40. The molecule has 0 saturated heterocycles. The summed E-state index contributed by atoms with van der Waals surface area (Å²) in [5.74, 6) is -0.891. The zero-order chi connectivity index (χ0) is 15.9. The number of carboxylic acid groups (broad SMARTS) is 1. The Bertz CT molecular complexity index is 465. The standard InChI is InChI=1S/C16H22O4S/c1-16(2,3)20-15(19)10-12(9-14(17)18)11-21-13-7-5-4-6-8-13/h4-8,12H,9-11H2,1-3H3,(H,17,18). The fraction of sp³-hybridized carbons (Fsp3) is 0.500. The molecule has 1 aromatic rings. The Morgan fingerprint density at radius 1 is 1.19 bits per heavy atom. The van der Waals surface area contributed by atoms with Crippen LogP contribution in [0.3, 0.4) is 0 Å². The molecule has 1 N–H and O–H groups in total. The predicted molar refractivity (Wildman–Crippen MR) is 83.4 cm³/mol. The molecule has 0 bridgehead atoms. The van der Waals surface area contributed by atoms with Gasteiger partial charge in [-0.25, -0.2) is 0 Å². The molecule has 1 atom stereocenters. The highest BCUT2D eigenvalue weighted by Crippen LogP contribution is 2.24. The molecular formula is C16H22O4S. The van der Waals surface area contributed by atoms with Crippen LogP contribution in [0.2, 0.25) is 0 Å². The van der Waals surface area contributed by atoms with Gasteiger partial charge in [0, 0.05) is 23.5 Å². The highest BCUT2D eigenvalue weighted by Gasteiger charge is 2.22. The number of aliphatic carboxylic acids is 1. The van der Waals surface area contributed by atoms with Crippen molar-refractivity contribution in [3.05, 3.63) is 30.3 Å². The number of ether oxygens (including phenoxy) is 1. The Kier molecular flexibility index (Phi) is 6.75. The lowest BCUT2D eigenvalue weighted by Crippen LogP contribution is -2.26. The average Bonchev–Trinajstić information content (AvgIpc) is 2.34. The normalized spacial score (nSPS) is 12.7. The van der Waals surface area contributed by atoms with Crippen LogP contribution in [0.15, 0.2) is 35.2 Å². The van der Waals surface area contributed by atoms with Gasteiger partial charge in [-0.15, -0.1) is 11.8 Å². The molecule has 1 unspecified atom stereocenters. The average molecular weight is 310 g/mol. The molecule has 21 heavy (non-hydrogen) atoms. The van der Waals surface area contributed by atoms with E-state index in [1.165, 1.54) is 0 Å². The van der Waals surface area contributed by atoms with E-state index in [0.717, 1.165) is 4.90 Å². The van der Waals surface area contributed by atoms with Crippen molar-refractivity contribution in [3.63, 3.8) is 0 Å². The number of carbonyl (C=O) groups is 2. The number of carbonyl (C=O) groups excluding carboxylic acids is 1. The summed E-state index contributed by atoms with van der Waals surface area (Å²) in [4.78, 5) is 23.8. The quantitative estimate of drug-likeness (QED) is 0.616. The predicted octanol–water partition coefficient (Wildman–Crippen LogP) is 3.60. The molecule has 0 aromatic heterocycles. The van der Waals surface area contributed by atoms with Gasteiger partial charge in [0.2, 0.25) is 0 Å². The van der Waals surface area contributed by atoms with Crippen molar-refractivity contribution in [3.8, 4) is 0 Å². The van der Waals surface area contributed by atoms with Gasteiger partial charge in [0.1, 0.15) is 5.60 Å². The summed E-state index contributed by atoms with van der Waals surface area (Å²) in [6, 6.07) is 9.73. The second kappa shape index (κ2) is 8.08. The van der Waals surface area contributed by atoms with Crippen LogP contribution in [-0.2, 0) is 14.3 Å². The maximum atomic E-state index is 11.8. The first kappa shape index (κ1) is 17.6. The van der Waals surface area contributed by atoms with E-state index in [1.54, 1.807) is 32.5 Å². The number of hydrogen-bond acceptors (Lipinski definition) is 4. The van der Waals surface area contributed by atoms with Gasteiger partial charge in [-0.05, 0) is 38.8 Å². The third-order valence-electron chi connectivity index (χ3n) is 2.57. The Balaban J connectivity index is 2.55. The molecule has 0 spiro atoms. The highest BCUT2D eigenvalue weighted by molar-refractivity contribution is 7.99. The van der Waals surface area contributed by atoms with Crippen LogP contribution in [0.5, 0.6) is 0 Å².